The lowest BCUT2D eigenvalue weighted by molar-refractivity contribution is -0.142. The highest BCUT2D eigenvalue weighted by Crippen LogP contribution is 2.23. The van der Waals surface area contributed by atoms with Crippen LogP contribution in [0.1, 0.15) is 20.3 Å². The average Bonchev–Trinajstić information content (AvgIpc) is 2.03. The van der Waals surface area contributed by atoms with E-state index in [4.69, 9.17) is 5.11 Å². The molecule has 0 radical (unpaired) electrons. The largest absolute Gasteiger partial charge is 0.481 e. The molecule has 0 aromatic heterocycles. The monoisotopic (exact) mass is 203 g/mol. The van der Waals surface area contributed by atoms with Crippen molar-refractivity contribution in [2.24, 2.45) is 5.92 Å². The van der Waals surface area contributed by atoms with E-state index in [1.54, 1.807) is 11.8 Å². The van der Waals surface area contributed by atoms with E-state index >= 15 is 0 Å². The number of thioether (sulfide) groups is 1. The second-order valence-corrected chi connectivity index (χ2v) is 4.89. The molecule has 0 bridgehead atoms. The van der Waals surface area contributed by atoms with Crippen LogP contribution in [-0.2, 0) is 4.79 Å². The number of aliphatic carboxylic acids is 1. The molecule has 2 atom stereocenters. The zero-order valence-corrected chi connectivity index (χ0v) is 8.93. The molecule has 0 spiro atoms. The summed E-state index contributed by atoms with van der Waals surface area (Å²) >= 11 is 1.74. The molecule has 0 aromatic carbocycles. The van der Waals surface area contributed by atoms with Crippen molar-refractivity contribution in [3.8, 4) is 0 Å². The number of carboxylic acids is 1. The molecule has 4 heteroatoms. The molecule has 13 heavy (non-hydrogen) atoms. The second-order valence-electron chi connectivity index (χ2n) is 3.74. The molecule has 1 rings (SSSR count). The van der Waals surface area contributed by atoms with E-state index in [1.165, 1.54) is 0 Å². The van der Waals surface area contributed by atoms with E-state index in [0.717, 1.165) is 17.9 Å². The Bertz CT molecular complexity index is 184. The van der Waals surface area contributed by atoms with Crippen molar-refractivity contribution in [1.82, 2.24) is 5.32 Å². The van der Waals surface area contributed by atoms with Crippen LogP contribution in [0.15, 0.2) is 0 Å². The van der Waals surface area contributed by atoms with E-state index in [1.807, 2.05) is 0 Å². The van der Waals surface area contributed by atoms with E-state index in [9.17, 15) is 4.79 Å². The molecule has 2 unspecified atom stereocenters. The Balaban J connectivity index is 2.51. The van der Waals surface area contributed by atoms with Gasteiger partial charge in [-0.05, 0) is 12.2 Å². The Morgan fingerprint density at radius 3 is 2.85 bits per heavy atom. The third kappa shape index (κ3) is 3.19. The topological polar surface area (TPSA) is 49.3 Å². The fraction of sp³-hybridized carbons (Fsp3) is 0.889. The number of carbonyl (C=O) groups is 1. The van der Waals surface area contributed by atoms with Crippen LogP contribution in [0.4, 0.5) is 0 Å². The molecule has 0 aromatic rings. The third-order valence-electron chi connectivity index (χ3n) is 2.22. The molecule has 0 saturated carbocycles. The first-order valence-corrected chi connectivity index (χ1v) is 5.83. The highest BCUT2D eigenvalue weighted by atomic mass is 32.2. The van der Waals surface area contributed by atoms with E-state index in [2.05, 4.69) is 19.2 Å². The van der Waals surface area contributed by atoms with Gasteiger partial charge in [-0.2, -0.15) is 11.8 Å². The molecule has 1 aliphatic rings. The summed E-state index contributed by atoms with van der Waals surface area (Å²) in [5.74, 6) is 0.958. The summed E-state index contributed by atoms with van der Waals surface area (Å²) in [5.41, 5.74) is 0. The smallest absolute Gasteiger partial charge is 0.308 e. The van der Waals surface area contributed by atoms with Crippen molar-refractivity contribution < 1.29 is 9.90 Å². The predicted molar refractivity (Wildman–Crippen MR) is 55.1 cm³/mol. The van der Waals surface area contributed by atoms with Gasteiger partial charge in [0.2, 0.25) is 0 Å². The molecule has 76 valence electrons. The number of nitrogens with one attached hydrogen (secondary N) is 1. The number of hydrogen-bond donors (Lipinski definition) is 2. The van der Waals surface area contributed by atoms with Crippen LogP contribution in [0.2, 0.25) is 0 Å². The molecule has 1 fully saturated rings. The van der Waals surface area contributed by atoms with Crippen LogP contribution in [0.5, 0.6) is 0 Å². The summed E-state index contributed by atoms with van der Waals surface area (Å²) in [7, 11) is 0. The third-order valence-corrected chi connectivity index (χ3v) is 3.34. The van der Waals surface area contributed by atoms with Gasteiger partial charge in [0, 0.05) is 17.8 Å². The SMILES string of the molecule is CC(C)NC1CCSCC1C(=O)O. The Labute approximate surface area is 83.3 Å². The maximum Gasteiger partial charge on any atom is 0.308 e. The zero-order valence-electron chi connectivity index (χ0n) is 8.12. The number of carboxylic acid groups (broad SMARTS) is 1. The van der Waals surface area contributed by atoms with E-state index < -0.39 is 5.97 Å². The summed E-state index contributed by atoms with van der Waals surface area (Å²) in [6, 6.07) is 0.536. The molecular weight excluding hydrogens is 186 g/mol. The Hall–Kier alpha value is -0.220. The Morgan fingerprint density at radius 1 is 1.62 bits per heavy atom. The predicted octanol–water partition coefficient (Wildman–Crippen LogP) is 1.19. The van der Waals surface area contributed by atoms with Gasteiger partial charge in [0.05, 0.1) is 5.92 Å². The van der Waals surface area contributed by atoms with Gasteiger partial charge in [0.15, 0.2) is 0 Å². The van der Waals surface area contributed by atoms with Gasteiger partial charge in [-0.15, -0.1) is 0 Å². The van der Waals surface area contributed by atoms with Crippen molar-refractivity contribution in [2.45, 2.75) is 32.4 Å². The lowest BCUT2D eigenvalue weighted by atomic mass is 9.98. The van der Waals surface area contributed by atoms with Crippen molar-refractivity contribution in [2.75, 3.05) is 11.5 Å². The van der Waals surface area contributed by atoms with Gasteiger partial charge in [-0.3, -0.25) is 4.79 Å². The fourth-order valence-electron chi connectivity index (χ4n) is 1.61. The maximum absolute atomic E-state index is 10.9. The molecule has 0 amide bonds. The average molecular weight is 203 g/mol. The lowest BCUT2D eigenvalue weighted by Crippen LogP contribution is -2.46. The van der Waals surface area contributed by atoms with E-state index in [0.29, 0.717) is 6.04 Å². The van der Waals surface area contributed by atoms with E-state index in [-0.39, 0.29) is 12.0 Å². The first-order valence-electron chi connectivity index (χ1n) is 4.68. The summed E-state index contributed by atoms with van der Waals surface area (Å²) < 4.78 is 0. The summed E-state index contributed by atoms with van der Waals surface area (Å²) in [6.45, 7) is 4.11. The quantitative estimate of drug-likeness (QED) is 0.723. The second kappa shape index (κ2) is 4.86. The standard InChI is InChI=1S/C9H17NO2S/c1-6(2)10-8-3-4-13-5-7(8)9(11)12/h6-8,10H,3-5H2,1-2H3,(H,11,12). The highest BCUT2D eigenvalue weighted by molar-refractivity contribution is 7.99. The van der Waals surface area contributed by atoms with Gasteiger partial charge in [-0.1, -0.05) is 13.8 Å². The van der Waals surface area contributed by atoms with Gasteiger partial charge in [0.25, 0.3) is 0 Å². The van der Waals surface area contributed by atoms with Gasteiger partial charge in [-0.25, -0.2) is 0 Å². The van der Waals surface area contributed by atoms with Crippen molar-refractivity contribution >= 4 is 17.7 Å². The molecule has 2 N–H and O–H groups in total. The molecule has 3 nitrogen and oxygen atoms in total. The number of rotatable bonds is 3. The van der Waals surface area contributed by atoms with Crippen LogP contribution in [-0.4, -0.2) is 34.7 Å². The van der Waals surface area contributed by atoms with Crippen molar-refractivity contribution in [3.63, 3.8) is 0 Å². The minimum absolute atomic E-state index is 0.166. The minimum atomic E-state index is -0.662. The molecule has 1 saturated heterocycles. The van der Waals surface area contributed by atoms with Gasteiger partial charge in [0.1, 0.15) is 0 Å². The van der Waals surface area contributed by atoms with Crippen molar-refractivity contribution in [3.05, 3.63) is 0 Å². The van der Waals surface area contributed by atoms with Crippen molar-refractivity contribution in [1.29, 1.82) is 0 Å². The summed E-state index contributed by atoms with van der Waals surface area (Å²) in [4.78, 5) is 10.9. The van der Waals surface area contributed by atoms with Crippen LogP contribution in [0.3, 0.4) is 0 Å². The summed E-state index contributed by atoms with van der Waals surface area (Å²) in [5, 5.41) is 12.3. The Morgan fingerprint density at radius 2 is 2.31 bits per heavy atom. The fourth-order valence-corrected chi connectivity index (χ4v) is 2.83. The molecule has 1 aliphatic heterocycles. The maximum atomic E-state index is 10.9. The van der Waals surface area contributed by atoms with Gasteiger partial charge < -0.3 is 10.4 Å². The zero-order chi connectivity index (χ0) is 9.84. The Kier molecular flexibility index (Phi) is 4.06. The first-order chi connectivity index (χ1) is 6.11. The highest BCUT2D eigenvalue weighted by Gasteiger charge is 2.31. The summed E-state index contributed by atoms with van der Waals surface area (Å²) in [6.07, 6.45) is 0.972. The van der Waals surface area contributed by atoms with Crippen LogP contribution >= 0.6 is 11.8 Å². The van der Waals surface area contributed by atoms with Crippen LogP contribution in [0.25, 0.3) is 0 Å². The lowest BCUT2D eigenvalue weighted by Gasteiger charge is -2.30. The molecular formula is C9H17NO2S. The minimum Gasteiger partial charge on any atom is -0.481 e. The first kappa shape index (κ1) is 10.9. The van der Waals surface area contributed by atoms with Crippen LogP contribution < -0.4 is 5.32 Å². The molecule has 1 heterocycles. The van der Waals surface area contributed by atoms with Gasteiger partial charge >= 0.3 is 5.97 Å². The number of hydrogen-bond acceptors (Lipinski definition) is 3. The molecule has 0 aliphatic carbocycles. The van der Waals surface area contributed by atoms with Crippen LogP contribution in [0, 0.1) is 5.92 Å². The normalized spacial score (nSPS) is 29.2.